The number of carbonyl (C=O) groups is 1. The molecule has 3 rings (SSSR count). The average molecular weight is 365 g/mol. The van der Waals surface area contributed by atoms with E-state index < -0.39 is 0 Å². The molecule has 0 aliphatic rings. The Morgan fingerprint density at radius 2 is 1.89 bits per heavy atom. The fraction of sp³-hybridized carbons (Fsp3) is 0.381. The number of aromatic nitrogens is 4. The molecule has 0 unspecified atom stereocenters. The third-order valence-corrected chi connectivity index (χ3v) is 4.64. The zero-order chi connectivity index (χ0) is 19.6. The molecule has 1 amide bonds. The van der Waals surface area contributed by atoms with Gasteiger partial charge in [-0.1, -0.05) is 32.0 Å². The summed E-state index contributed by atoms with van der Waals surface area (Å²) in [5, 5.41) is 12.0. The summed E-state index contributed by atoms with van der Waals surface area (Å²) >= 11 is 0. The molecule has 1 N–H and O–H groups in total. The SMILES string of the molecule is Cc1c([C@H](C)NC(=O)c2cc(CC(C)C)nn2C)cnn1-c1ccccc1. The molecule has 0 fully saturated rings. The van der Waals surface area contributed by atoms with Crippen LogP contribution in [-0.4, -0.2) is 25.5 Å². The molecule has 2 heterocycles. The molecule has 6 heteroatoms. The van der Waals surface area contributed by atoms with Crippen LogP contribution in [0.15, 0.2) is 42.6 Å². The molecule has 1 atom stereocenters. The number of nitrogens with zero attached hydrogens (tertiary/aromatic N) is 4. The highest BCUT2D eigenvalue weighted by molar-refractivity contribution is 5.92. The van der Waals surface area contributed by atoms with E-state index in [1.54, 1.807) is 4.68 Å². The lowest BCUT2D eigenvalue weighted by Crippen LogP contribution is -2.28. The number of para-hydroxylation sites is 1. The van der Waals surface area contributed by atoms with Gasteiger partial charge in [0, 0.05) is 18.3 Å². The van der Waals surface area contributed by atoms with Gasteiger partial charge in [-0.15, -0.1) is 0 Å². The van der Waals surface area contributed by atoms with Crippen molar-refractivity contribution in [2.75, 3.05) is 0 Å². The summed E-state index contributed by atoms with van der Waals surface area (Å²) in [5.74, 6) is 0.376. The lowest BCUT2D eigenvalue weighted by Gasteiger charge is -2.14. The molecule has 0 saturated carbocycles. The van der Waals surface area contributed by atoms with Crippen molar-refractivity contribution in [3.05, 3.63) is 65.2 Å². The summed E-state index contributed by atoms with van der Waals surface area (Å²) in [6.07, 6.45) is 2.68. The lowest BCUT2D eigenvalue weighted by atomic mass is 10.1. The van der Waals surface area contributed by atoms with Crippen LogP contribution in [0.1, 0.15) is 54.3 Å². The summed E-state index contributed by atoms with van der Waals surface area (Å²) in [5.41, 5.74) is 4.53. The predicted octanol–water partition coefficient (Wildman–Crippen LogP) is 3.60. The third-order valence-electron chi connectivity index (χ3n) is 4.64. The minimum absolute atomic E-state index is 0.126. The fourth-order valence-corrected chi connectivity index (χ4v) is 3.28. The van der Waals surface area contributed by atoms with Gasteiger partial charge in [-0.05, 0) is 44.4 Å². The second-order valence-corrected chi connectivity index (χ2v) is 7.37. The van der Waals surface area contributed by atoms with E-state index in [1.165, 1.54) is 0 Å². The standard InChI is InChI=1S/C21H27N5O/c1-14(2)11-17-12-20(25(5)24-17)21(27)23-15(3)19-13-22-26(16(19)4)18-9-7-6-8-10-18/h6-10,12-15H,11H2,1-5H3,(H,23,27)/t15-/m0/s1. The van der Waals surface area contributed by atoms with E-state index in [0.717, 1.165) is 29.1 Å². The first-order chi connectivity index (χ1) is 12.9. The molecule has 0 aliphatic heterocycles. The lowest BCUT2D eigenvalue weighted by molar-refractivity contribution is 0.0930. The number of hydrogen-bond donors (Lipinski definition) is 1. The Balaban J connectivity index is 1.76. The van der Waals surface area contributed by atoms with E-state index in [0.29, 0.717) is 11.6 Å². The molecule has 142 valence electrons. The smallest absolute Gasteiger partial charge is 0.270 e. The van der Waals surface area contributed by atoms with E-state index >= 15 is 0 Å². The van der Waals surface area contributed by atoms with Crippen LogP contribution in [0, 0.1) is 12.8 Å². The Kier molecular flexibility index (Phi) is 5.44. The summed E-state index contributed by atoms with van der Waals surface area (Å²) < 4.78 is 3.54. The van der Waals surface area contributed by atoms with Crippen molar-refractivity contribution < 1.29 is 4.79 Å². The van der Waals surface area contributed by atoms with E-state index in [1.807, 2.05) is 68.2 Å². The van der Waals surface area contributed by atoms with E-state index in [4.69, 9.17) is 0 Å². The van der Waals surface area contributed by atoms with Gasteiger partial charge in [-0.2, -0.15) is 10.2 Å². The van der Waals surface area contributed by atoms with Gasteiger partial charge in [-0.3, -0.25) is 9.48 Å². The highest BCUT2D eigenvalue weighted by atomic mass is 16.2. The summed E-state index contributed by atoms with van der Waals surface area (Å²) in [6.45, 7) is 8.28. The zero-order valence-corrected chi connectivity index (χ0v) is 16.6. The molecule has 0 saturated heterocycles. The first kappa shape index (κ1) is 18.9. The number of aryl methyl sites for hydroxylation is 1. The van der Waals surface area contributed by atoms with Gasteiger partial charge in [-0.25, -0.2) is 4.68 Å². The molecule has 27 heavy (non-hydrogen) atoms. The molecule has 0 bridgehead atoms. The molecular formula is C21H27N5O. The van der Waals surface area contributed by atoms with Crippen molar-refractivity contribution >= 4 is 5.91 Å². The molecule has 3 aromatic rings. The fourth-order valence-electron chi connectivity index (χ4n) is 3.28. The average Bonchev–Trinajstić information content (AvgIpc) is 3.17. The normalized spacial score (nSPS) is 12.4. The Morgan fingerprint density at radius 3 is 2.56 bits per heavy atom. The maximum Gasteiger partial charge on any atom is 0.270 e. The van der Waals surface area contributed by atoms with Crippen molar-refractivity contribution in [1.29, 1.82) is 0 Å². The highest BCUT2D eigenvalue weighted by Gasteiger charge is 2.20. The van der Waals surface area contributed by atoms with Gasteiger partial charge in [0.15, 0.2) is 0 Å². The third kappa shape index (κ3) is 4.10. The van der Waals surface area contributed by atoms with Crippen LogP contribution in [-0.2, 0) is 13.5 Å². The monoisotopic (exact) mass is 365 g/mol. The van der Waals surface area contributed by atoms with Gasteiger partial charge in [0.25, 0.3) is 5.91 Å². The minimum atomic E-state index is -0.154. The first-order valence-electron chi connectivity index (χ1n) is 9.30. The predicted molar refractivity (Wildman–Crippen MR) is 106 cm³/mol. The first-order valence-corrected chi connectivity index (χ1v) is 9.30. The van der Waals surface area contributed by atoms with Crippen LogP contribution in [0.4, 0.5) is 0 Å². The van der Waals surface area contributed by atoms with Gasteiger partial charge in [0.2, 0.25) is 0 Å². The van der Waals surface area contributed by atoms with Crippen molar-refractivity contribution in [2.45, 2.75) is 40.2 Å². The Bertz CT molecular complexity index is 923. The summed E-state index contributed by atoms with van der Waals surface area (Å²) in [4.78, 5) is 12.7. The van der Waals surface area contributed by atoms with Gasteiger partial charge in [0.1, 0.15) is 5.69 Å². The van der Waals surface area contributed by atoms with Crippen LogP contribution < -0.4 is 5.32 Å². The van der Waals surface area contributed by atoms with E-state index in [2.05, 4.69) is 29.4 Å². The maximum absolute atomic E-state index is 12.7. The van der Waals surface area contributed by atoms with E-state index in [-0.39, 0.29) is 11.9 Å². The number of nitrogens with one attached hydrogen (secondary N) is 1. The Labute approximate surface area is 160 Å². The highest BCUT2D eigenvalue weighted by Crippen LogP contribution is 2.20. The zero-order valence-electron chi connectivity index (χ0n) is 16.6. The Morgan fingerprint density at radius 1 is 1.19 bits per heavy atom. The van der Waals surface area contributed by atoms with Gasteiger partial charge < -0.3 is 5.32 Å². The molecule has 0 spiro atoms. The number of rotatable bonds is 6. The van der Waals surface area contributed by atoms with E-state index in [9.17, 15) is 4.79 Å². The molecule has 1 aromatic carbocycles. The van der Waals surface area contributed by atoms with Crippen molar-refractivity contribution in [3.63, 3.8) is 0 Å². The molecular weight excluding hydrogens is 338 g/mol. The van der Waals surface area contributed by atoms with Crippen molar-refractivity contribution in [2.24, 2.45) is 13.0 Å². The molecule has 6 nitrogen and oxygen atoms in total. The number of carbonyl (C=O) groups excluding carboxylic acids is 1. The van der Waals surface area contributed by atoms with Crippen LogP contribution in [0.2, 0.25) is 0 Å². The van der Waals surface area contributed by atoms with Crippen LogP contribution >= 0.6 is 0 Å². The minimum Gasteiger partial charge on any atom is -0.344 e. The number of amides is 1. The van der Waals surface area contributed by atoms with Gasteiger partial charge in [0.05, 0.1) is 23.6 Å². The largest absolute Gasteiger partial charge is 0.344 e. The number of hydrogen-bond acceptors (Lipinski definition) is 3. The van der Waals surface area contributed by atoms with Crippen molar-refractivity contribution in [1.82, 2.24) is 24.9 Å². The van der Waals surface area contributed by atoms with Crippen molar-refractivity contribution in [3.8, 4) is 5.69 Å². The molecule has 0 aliphatic carbocycles. The second-order valence-electron chi connectivity index (χ2n) is 7.37. The maximum atomic E-state index is 12.7. The van der Waals surface area contributed by atoms with Crippen LogP contribution in [0.25, 0.3) is 5.69 Å². The van der Waals surface area contributed by atoms with Crippen LogP contribution in [0.3, 0.4) is 0 Å². The topological polar surface area (TPSA) is 64.7 Å². The summed E-state index contributed by atoms with van der Waals surface area (Å²) in [6, 6.07) is 11.7. The van der Waals surface area contributed by atoms with Crippen LogP contribution in [0.5, 0.6) is 0 Å². The number of benzene rings is 1. The van der Waals surface area contributed by atoms with Gasteiger partial charge >= 0.3 is 0 Å². The molecule has 2 aromatic heterocycles. The summed E-state index contributed by atoms with van der Waals surface area (Å²) in [7, 11) is 1.81. The quantitative estimate of drug-likeness (QED) is 0.726. The Hall–Kier alpha value is -2.89. The molecule has 0 radical (unpaired) electrons. The second kappa shape index (κ2) is 7.78.